The Bertz CT molecular complexity index is 1340. The van der Waals surface area contributed by atoms with Gasteiger partial charge in [-0.2, -0.15) is 5.10 Å². The molecule has 32 heavy (non-hydrogen) atoms. The molecule has 0 fully saturated rings. The molecule has 2 N–H and O–H groups in total. The highest BCUT2D eigenvalue weighted by Gasteiger charge is 2.25. The smallest absolute Gasteiger partial charge is 0.321 e. The summed E-state index contributed by atoms with van der Waals surface area (Å²) in [6.45, 7) is 0. The first kappa shape index (κ1) is 20.3. The predicted molar refractivity (Wildman–Crippen MR) is 120 cm³/mol. The van der Waals surface area contributed by atoms with E-state index in [0.29, 0.717) is 27.8 Å². The topological polar surface area (TPSA) is 106 Å². The molecule has 4 aromatic rings. The van der Waals surface area contributed by atoms with Crippen LogP contribution >= 0.6 is 11.6 Å². The van der Waals surface area contributed by atoms with Crippen LogP contribution in [0.25, 0.3) is 17.1 Å². The molecule has 9 heteroatoms. The van der Waals surface area contributed by atoms with Gasteiger partial charge in [-0.15, -0.1) is 0 Å². The predicted octanol–water partition coefficient (Wildman–Crippen LogP) is 4.39. The maximum atomic E-state index is 13.2. The molecule has 0 aliphatic heterocycles. The van der Waals surface area contributed by atoms with Crippen molar-refractivity contribution in [3.05, 3.63) is 81.1 Å². The van der Waals surface area contributed by atoms with Crippen LogP contribution in [0.3, 0.4) is 0 Å². The van der Waals surface area contributed by atoms with Crippen LogP contribution in [-0.2, 0) is 12.8 Å². The molecule has 2 aromatic carbocycles. The summed E-state index contributed by atoms with van der Waals surface area (Å²) in [5.41, 5.74) is 4.57. The van der Waals surface area contributed by atoms with Crippen LogP contribution in [0.15, 0.2) is 57.8 Å². The Morgan fingerprint density at radius 1 is 1.09 bits per heavy atom. The second-order valence-electron chi connectivity index (χ2n) is 7.70. The Morgan fingerprint density at radius 2 is 1.91 bits per heavy atom. The van der Waals surface area contributed by atoms with Gasteiger partial charge in [0.05, 0.1) is 5.69 Å². The third-order valence-electron chi connectivity index (χ3n) is 5.55. The van der Waals surface area contributed by atoms with Crippen molar-refractivity contribution in [1.29, 1.82) is 0 Å². The number of anilines is 1. The molecule has 0 radical (unpaired) electrons. The van der Waals surface area contributed by atoms with Crippen molar-refractivity contribution in [2.45, 2.75) is 32.1 Å². The lowest BCUT2D eigenvalue weighted by molar-refractivity contribution is 0.102. The standard InChI is InChI=1S/C23H20ClN5O3/c24-15-9-11-17(12-10-15)29-19-8-3-1-2-7-18(19)20(27-29)22(30)25-16-6-4-5-14(13-16)21-26-23(31)32-28-21/h4-6,9-13H,1-3,7-8H2,(H,25,30)(H,26,28,31). The van der Waals surface area contributed by atoms with Crippen molar-refractivity contribution in [1.82, 2.24) is 19.9 Å². The number of nitrogens with zero attached hydrogens (tertiary/aromatic N) is 3. The third-order valence-corrected chi connectivity index (χ3v) is 5.80. The van der Waals surface area contributed by atoms with Crippen LogP contribution in [0, 0.1) is 0 Å². The third kappa shape index (κ3) is 3.97. The van der Waals surface area contributed by atoms with Crippen LogP contribution < -0.4 is 11.1 Å². The van der Waals surface area contributed by atoms with Gasteiger partial charge in [0, 0.05) is 27.5 Å². The Hall–Kier alpha value is -3.65. The molecule has 2 heterocycles. The number of carbonyl (C=O) groups excluding carboxylic acids is 1. The maximum Gasteiger partial charge on any atom is 0.439 e. The Kier molecular flexibility index (Phi) is 5.36. The Balaban J connectivity index is 1.49. The molecule has 1 aliphatic rings. The van der Waals surface area contributed by atoms with Gasteiger partial charge in [0.25, 0.3) is 5.91 Å². The molecule has 1 amide bonds. The van der Waals surface area contributed by atoms with E-state index in [1.165, 1.54) is 0 Å². The van der Waals surface area contributed by atoms with Gasteiger partial charge in [-0.05, 0) is 62.1 Å². The average molecular weight is 450 g/mol. The number of aromatic nitrogens is 4. The number of rotatable bonds is 4. The summed E-state index contributed by atoms with van der Waals surface area (Å²) < 4.78 is 6.43. The number of fused-ring (bicyclic) bond motifs is 1. The van der Waals surface area contributed by atoms with E-state index in [2.05, 4.69) is 20.0 Å². The van der Waals surface area contributed by atoms with Crippen LogP contribution in [0.2, 0.25) is 5.02 Å². The molecule has 0 bridgehead atoms. The van der Waals surface area contributed by atoms with Crippen LogP contribution in [0.5, 0.6) is 0 Å². The normalized spacial score (nSPS) is 13.4. The van der Waals surface area contributed by atoms with Gasteiger partial charge < -0.3 is 5.32 Å². The number of nitrogens with one attached hydrogen (secondary N) is 2. The molecular weight excluding hydrogens is 430 g/mol. The lowest BCUT2D eigenvalue weighted by Gasteiger charge is -2.07. The van der Waals surface area contributed by atoms with Crippen molar-refractivity contribution in [3.63, 3.8) is 0 Å². The number of hydrogen-bond donors (Lipinski definition) is 2. The zero-order chi connectivity index (χ0) is 22.1. The van der Waals surface area contributed by atoms with Crippen LogP contribution in [-0.4, -0.2) is 25.8 Å². The van der Waals surface area contributed by atoms with Crippen molar-refractivity contribution in [3.8, 4) is 17.1 Å². The van der Waals surface area contributed by atoms with E-state index in [1.807, 2.05) is 28.9 Å². The highest BCUT2D eigenvalue weighted by Crippen LogP contribution is 2.28. The second-order valence-corrected chi connectivity index (χ2v) is 8.14. The fraction of sp³-hybridized carbons (Fsp3) is 0.217. The van der Waals surface area contributed by atoms with Crippen LogP contribution in [0.1, 0.15) is 41.0 Å². The summed E-state index contributed by atoms with van der Waals surface area (Å²) in [5, 5.41) is 12.0. The quantitative estimate of drug-likeness (QED) is 0.449. The van der Waals surface area contributed by atoms with Crippen LogP contribution in [0.4, 0.5) is 5.69 Å². The summed E-state index contributed by atoms with van der Waals surface area (Å²) in [6.07, 6.45) is 4.88. The van der Waals surface area contributed by atoms with Gasteiger partial charge in [-0.25, -0.2) is 9.48 Å². The van der Waals surface area contributed by atoms with Gasteiger partial charge in [-0.1, -0.05) is 35.3 Å². The second kappa shape index (κ2) is 8.47. The van der Waals surface area contributed by atoms with Gasteiger partial charge in [0.15, 0.2) is 11.5 Å². The van der Waals surface area contributed by atoms with Crippen molar-refractivity contribution in [2.75, 3.05) is 5.32 Å². The molecule has 0 unspecified atom stereocenters. The summed E-state index contributed by atoms with van der Waals surface area (Å²) in [4.78, 5) is 27.0. The fourth-order valence-electron chi connectivity index (χ4n) is 4.04. The van der Waals surface area contributed by atoms with E-state index in [-0.39, 0.29) is 5.91 Å². The molecule has 1 aliphatic carbocycles. The number of amides is 1. The van der Waals surface area contributed by atoms with Gasteiger partial charge in [0.2, 0.25) is 0 Å². The van der Waals surface area contributed by atoms with Crippen molar-refractivity contribution >= 4 is 23.2 Å². The zero-order valence-electron chi connectivity index (χ0n) is 17.1. The molecule has 5 rings (SSSR count). The summed E-state index contributed by atoms with van der Waals surface area (Å²) in [5.74, 6) is -0.612. The number of hydrogen-bond acceptors (Lipinski definition) is 5. The van der Waals surface area contributed by atoms with E-state index in [1.54, 1.807) is 24.3 Å². The number of carbonyl (C=O) groups is 1. The number of H-pyrrole nitrogens is 1. The summed E-state index contributed by atoms with van der Waals surface area (Å²) in [6, 6.07) is 14.5. The molecule has 2 aromatic heterocycles. The summed E-state index contributed by atoms with van der Waals surface area (Å²) in [7, 11) is 0. The first-order valence-corrected chi connectivity index (χ1v) is 10.8. The lowest BCUT2D eigenvalue weighted by Crippen LogP contribution is -2.15. The SMILES string of the molecule is O=C(Nc1cccc(-c2noc(=O)[nH]2)c1)c1nn(-c2ccc(Cl)cc2)c2c1CCCCC2. The number of aromatic amines is 1. The molecule has 0 spiro atoms. The molecule has 0 atom stereocenters. The Labute approximate surface area is 188 Å². The molecule has 0 saturated carbocycles. The largest absolute Gasteiger partial charge is 0.439 e. The molecule has 8 nitrogen and oxygen atoms in total. The van der Waals surface area contributed by atoms with Gasteiger partial charge in [-0.3, -0.25) is 14.3 Å². The monoisotopic (exact) mass is 449 g/mol. The summed E-state index contributed by atoms with van der Waals surface area (Å²) >= 11 is 6.05. The van der Waals surface area contributed by atoms with E-state index in [0.717, 1.165) is 49.0 Å². The van der Waals surface area contributed by atoms with E-state index in [9.17, 15) is 9.59 Å². The minimum absolute atomic E-state index is 0.276. The van der Waals surface area contributed by atoms with E-state index >= 15 is 0 Å². The highest BCUT2D eigenvalue weighted by atomic mass is 35.5. The minimum Gasteiger partial charge on any atom is -0.321 e. The first-order chi connectivity index (χ1) is 15.6. The van der Waals surface area contributed by atoms with Crippen molar-refractivity contribution in [2.24, 2.45) is 0 Å². The highest BCUT2D eigenvalue weighted by molar-refractivity contribution is 6.30. The lowest BCUT2D eigenvalue weighted by atomic mass is 10.1. The zero-order valence-corrected chi connectivity index (χ0v) is 17.9. The molecule has 0 saturated heterocycles. The average Bonchev–Trinajstić information content (AvgIpc) is 3.30. The van der Waals surface area contributed by atoms with Gasteiger partial charge >= 0.3 is 5.76 Å². The minimum atomic E-state index is -0.634. The first-order valence-electron chi connectivity index (χ1n) is 10.4. The Morgan fingerprint density at radius 3 is 2.69 bits per heavy atom. The van der Waals surface area contributed by atoms with E-state index in [4.69, 9.17) is 16.7 Å². The number of halogens is 1. The van der Waals surface area contributed by atoms with Gasteiger partial charge in [0.1, 0.15) is 0 Å². The number of benzene rings is 2. The fourth-order valence-corrected chi connectivity index (χ4v) is 4.17. The molecular formula is C23H20ClN5O3. The molecule has 162 valence electrons. The van der Waals surface area contributed by atoms with E-state index < -0.39 is 5.76 Å². The van der Waals surface area contributed by atoms with Crippen molar-refractivity contribution < 1.29 is 9.32 Å². The maximum absolute atomic E-state index is 13.2.